The van der Waals surface area contributed by atoms with Gasteiger partial charge in [-0.1, -0.05) is 17.7 Å². The van der Waals surface area contributed by atoms with E-state index in [0.717, 1.165) is 11.3 Å². The third kappa shape index (κ3) is 2.86. The largest absolute Gasteiger partial charge is 0.480 e. The summed E-state index contributed by atoms with van der Waals surface area (Å²) >= 11 is 5.84. The minimum Gasteiger partial charge on any atom is -0.480 e. The standard InChI is InChI=1S/C11H14ClNO2/c1-7-4-5-8(12)6-9(7)13-11(2,3)10(14)15/h4-6,13H,1-3H3,(H,14,15). The number of nitrogens with one attached hydrogen (secondary N) is 1. The SMILES string of the molecule is Cc1ccc(Cl)cc1NC(C)(C)C(=O)O. The maximum atomic E-state index is 10.9. The Balaban J connectivity index is 2.99. The van der Waals surface area contributed by atoms with Crippen molar-refractivity contribution in [3.05, 3.63) is 28.8 Å². The molecule has 0 aliphatic rings. The first-order chi connectivity index (χ1) is 6.83. The van der Waals surface area contributed by atoms with Crippen LogP contribution >= 0.6 is 11.6 Å². The van der Waals surface area contributed by atoms with E-state index in [2.05, 4.69) is 5.32 Å². The van der Waals surface area contributed by atoms with Gasteiger partial charge >= 0.3 is 5.97 Å². The van der Waals surface area contributed by atoms with Gasteiger partial charge in [-0.3, -0.25) is 0 Å². The Kier molecular flexibility index (Phi) is 3.25. The van der Waals surface area contributed by atoms with Gasteiger partial charge in [0.25, 0.3) is 0 Å². The summed E-state index contributed by atoms with van der Waals surface area (Å²) in [4.78, 5) is 10.9. The zero-order chi connectivity index (χ0) is 11.6. The number of hydrogen-bond acceptors (Lipinski definition) is 2. The van der Waals surface area contributed by atoms with E-state index in [1.54, 1.807) is 26.0 Å². The Hall–Kier alpha value is -1.22. The van der Waals surface area contributed by atoms with Crippen LogP contribution in [0.15, 0.2) is 18.2 Å². The van der Waals surface area contributed by atoms with Gasteiger partial charge in [-0.2, -0.15) is 0 Å². The molecule has 0 saturated heterocycles. The molecule has 0 bridgehead atoms. The van der Waals surface area contributed by atoms with Crippen molar-refractivity contribution in [2.75, 3.05) is 5.32 Å². The Morgan fingerprint density at radius 3 is 2.60 bits per heavy atom. The quantitative estimate of drug-likeness (QED) is 0.835. The number of halogens is 1. The Morgan fingerprint density at radius 2 is 2.07 bits per heavy atom. The zero-order valence-corrected chi connectivity index (χ0v) is 9.72. The molecule has 0 aliphatic carbocycles. The molecule has 0 atom stereocenters. The van der Waals surface area contributed by atoms with Gasteiger partial charge in [0.05, 0.1) is 0 Å². The van der Waals surface area contributed by atoms with Gasteiger partial charge < -0.3 is 10.4 Å². The predicted molar refractivity (Wildman–Crippen MR) is 61.5 cm³/mol. The van der Waals surface area contributed by atoms with E-state index in [1.807, 2.05) is 13.0 Å². The molecule has 0 aromatic heterocycles. The van der Waals surface area contributed by atoms with Gasteiger partial charge in [0.1, 0.15) is 5.54 Å². The van der Waals surface area contributed by atoms with Crippen LogP contribution in [-0.4, -0.2) is 16.6 Å². The summed E-state index contributed by atoms with van der Waals surface area (Å²) in [5, 5.41) is 12.5. The van der Waals surface area contributed by atoms with Gasteiger partial charge in [0.15, 0.2) is 0 Å². The molecule has 82 valence electrons. The molecule has 3 nitrogen and oxygen atoms in total. The van der Waals surface area contributed by atoms with Crippen LogP contribution in [0.5, 0.6) is 0 Å². The lowest BCUT2D eigenvalue weighted by molar-refractivity contribution is -0.141. The van der Waals surface area contributed by atoms with Crippen LogP contribution in [0.2, 0.25) is 5.02 Å². The fraction of sp³-hybridized carbons (Fsp3) is 0.364. The molecule has 0 fully saturated rings. The van der Waals surface area contributed by atoms with Crippen LogP contribution in [-0.2, 0) is 4.79 Å². The number of benzene rings is 1. The molecule has 0 amide bonds. The summed E-state index contributed by atoms with van der Waals surface area (Å²) in [6.07, 6.45) is 0. The van der Waals surface area contributed by atoms with E-state index in [1.165, 1.54) is 0 Å². The van der Waals surface area contributed by atoms with Gasteiger partial charge in [-0.05, 0) is 38.5 Å². The second-order valence-corrected chi connectivity index (χ2v) is 4.45. The van der Waals surface area contributed by atoms with Gasteiger partial charge in [0, 0.05) is 10.7 Å². The minimum absolute atomic E-state index is 0.587. The zero-order valence-electron chi connectivity index (χ0n) is 8.97. The Labute approximate surface area is 94.1 Å². The van der Waals surface area contributed by atoms with Crippen LogP contribution < -0.4 is 5.32 Å². The van der Waals surface area contributed by atoms with E-state index in [0.29, 0.717) is 5.02 Å². The van der Waals surface area contributed by atoms with Crippen LogP contribution in [0.1, 0.15) is 19.4 Å². The van der Waals surface area contributed by atoms with E-state index in [4.69, 9.17) is 16.7 Å². The fourth-order valence-corrected chi connectivity index (χ4v) is 1.29. The molecule has 0 saturated carbocycles. The number of aryl methyl sites for hydroxylation is 1. The molecule has 2 N–H and O–H groups in total. The number of carbonyl (C=O) groups is 1. The highest BCUT2D eigenvalue weighted by molar-refractivity contribution is 6.30. The first-order valence-electron chi connectivity index (χ1n) is 4.60. The normalized spacial score (nSPS) is 11.2. The Morgan fingerprint density at radius 1 is 1.47 bits per heavy atom. The molecule has 4 heteroatoms. The first kappa shape index (κ1) is 11.9. The van der Waals surface area contributed by atoms with Crippen molar-refractivity contribution in [3.8, 4) is 0 Å². The second kappa shape index (κ2) is 4.11. The molecule has 0 spiro atoms. The number of anilines is 1. The lowest BCUT2D eigenvalue weighted by atomic mass is 10.0. The lowest BCUT2D eigenvalue weighted by Crippen LogP contribution is -2.40. The molecule has 1 rings (SSSR count). The summed E-state index contributed by atoms with van der Waals surface area (Å²) in [5.74, 6) is -0.901. The molecule has 1 aromatic carbocycles. The van der Waals surface area contributed by atoms with Crippen molar-refractivity contribution in [2.24, 2.45) is 0 Å². The van der Waals surface area contributed by atoms with Crippen molar-refractivity contribution >= 4 is 23.3 Å². The average molecular weight is 228 g/mol. The van der Waals surface area contributed by atoms with Gasteiger partial charge in [0.2, 0.25) is 0 Å². The molecule has 0 aliphatic heterocycles. The first-order valence-corrected chi connectivity index (χ1v) is 4.98. The second-order valence-electron chi connectivity index (χ2n) is 4.01. The highest BCUT2D eigenvalue weighted by atomic mass is 35.5. The van der Waals surface area contributed by atoms with Crippen LogP contribution in [0.25, 0.3) is 0 Å². The molecule has 1 aromatic rings. The number of hydrogen-bond donors (Lipinski definition) is 2. The highest BCUT2D eigenvalue weighted by Crippen LogP contribution is 2.23. The van der Waals surface area contributed by atoms with Gasteiger partial charge in [-0.25, -0.2) is 4.79 Å². The van der Waals surface area contributed by atoms with E-state index in [9.17, 15) is 4.79 Å². The molecule has 15 heavy (non-hydrogen) atoms. The van der Waals surface area contributed by atoms with Crippen molar-refractivity contribution < 1.29 is 9.90 Å². The maximum Gasteiger partial charge on any atom is 0.328 e. The lowest BCUT2D eigenvalue weighted by Gasteiger charge is -2.23. The van der Waals surface area contributed by atoms with Gasteiger partial charge in [-0.15, -0.1) is 0 Å². The topological polar surface area (TPSA) is 49.3 Å². The van der Waals surface area contributed by atoms with E-state index in [-0.39, 0.29) is 0 Å². The van der Waals surface area contributed by atoms with Crippen LogP contribution in [0, 0.1) is 6.92 Å². The third-order valence-corrected chi connectivity index (χ3v) is 2.42. The molecule has 0 radical (unpaired) electrons. The molecular formula is C11H14ClNO2. The summed E-state index contributed by atoms with van der Waals surface area (Å²) in [5.41, 5.74) is 0.707. The van der Waals surface area contributed by atoms with Crippen LogP contribution in [0.3, 0.4) is 0 Å². The molecule has 0 unspecified atom stereocenters. The summed E-state index contributed by atoms with van der Waals surface area (Å²) < 4.78 is 0. The monoisotopic (exact) mass is 227 g/mol. The van der Waals surface area contributed by atoms with Crippen molar-refractivity contribution in [2.45, 2.75) is 26.3 Å². The van der Waals surface area contributed by atoms with Crippen molar-refractivity contribution in [1.29, 1.82) is 0 Å². The van der Waals surface area contributed by atoms with E-state index >= 15 is 0 Å². The number of carboxylic acid groups (broad SMARTS) is 1. The van der Waals surface area contributed by atoms with Crippen molar-refractivity contribution in [1.82, 2.24) is 0 Å². The summed E-state index contributed by atoms with van der Waals surface area (Å²) in [6, 6.07) is 5.35. The van der Waals surface area contributed by atoms with E-state index < -0.39 is 11.5 Å². The van der Waals surface area contributed by atoms with Crippen LogP contribution in [0.4, 0.5) is 5.69 Å². The minimum atomic E-state index is -1.00. The number of carboxylic acids is 1. The number of rotatable bonds is 3. The summed E-state index contributed by atoms with van der Waals surface area (Å²) in [6.45, 7) is 5.11. The molecular weight excluding hydrogens is 214 g/mol. The average Bonchev–Trinajstić information content (AvgIpc) is 2.10. The smallest absolute Gasteiger partial charge is 0.328 e. The number of aliphatic carboxylic acids is 1. The maximum absolute atomic E-state index is 10.9. The van der Waals surface area contributed by atoms with Crippen molar-refractivity contribution in [3.63, 3.8) is 0 Å². The molecule has 0 heterocycles. The highest BCUT2D eigenvalue weighted by Gasteiger charge is 2.27. The predicted octanol–water partition coefficient (Wildman–Crippen LogP) is 2.92. The fourth-order valence-electron chi connectivity index (χ4n) is 1.12. The summed E-state index contributed by atoms with van der Waals surface area (Å²) in [7, 11) is 0. The Bertz CT molecular complexity index is 388. The third-order valence-electron chi connectivity index (χ3n) is 2.18.